The Kier molecular flexibility index (Phi) is 2.82. The molecule has 0 fully saturated rings. The lowest BCUT2D eigenvalue weighted by molar-refractivity contribution is -0.385. The van der Waals surface area contributed by atoms with Crippen LogP contribution in [-0.4, -0.2) is 15.8 Å². The molecular formula is C6H2ClN3O4. The molecule has 0 aromatic carbocycles. The Bertz CT molecular complexity index is 420. The molecule has 0 atom stereocenters. The molecule has 72 valence electrons. The summed E-state index contributed by atoms with van der Waals surface area (Å²) in [4.78, 5) is 33.5. The van der Waals surface area contributed by atoms with Crippen LogP contribution in [-0.2, 0) is 0 Å². The van der Waals surface area contributed by atoms with Gasteiger partial charge in [0.25, 0.3) is 0 Å². The molecule has 0 unspecified atom stereocenters. The number of nitroso groups, excluding NO2 is 1. The van der Waals surface area contributed by atoms with Crippen LogP contribution in [0.4, 0.5) is 5.69 Å². The van der Waals surface area contributed by atoms with E-state index in [2.05, 4.69) is 10.2 Å². The van der Waals surface area contributed by atoms with Crippen molar-refractivity contribution in [3.63, 3.8) is 0 Å². The van der Waals surface area contributed by atoms with Gasteiger partial charge < -0.3 is 0 Å². The fourth-order valence-electron chi connectivity index (χ4n) is 0.734. The van der Waals surface area contributed by atoms with Gasteiger partial charge in [0, 0.05) is 17.4 Å². The van der Waals surface area contributed by atoms with Crippen LogP contribution in [0.3, 0.4) is 0 Å². The van der Waals surface area contributed by atoms with Crippen molar-refractivity contribution >= 4 is 23.2 Å². The minimum absolute atomic E-state index is 0.267. The van der Waals surface area contributed by atoms with E-state index in [1.807, 2.05) is 0 Å². The van der Waals surface area contributed by atoms with Crippen molar-refractivity contribution in [3.8, 4) is 0 Å². The van der Waals surface area contributed by atoms with Gasteiger partial charge in [-0.05, 0) is 0 Å². The molecule has 0 aliphatic rings. The highest BCUT2D eigenvalue weighted by Crippen LogP contribution is 2.22. The largest absolute Gasteiger partial charge is 0.318 e. The molecule has 1 amide bonds. The first-order chi connectivity index (χ1) is 6.56. The minimum atomic E-state index is -1.13. The number of pyridine rings is 1. The predicted octanol–water partition coefficient (Wildman–Crippen LogP) is 1.55. The first kappa shape index (κ1) is 10.2. The van der Waals surface area contributed by atoms with Crippen LogP contribution in [0.25, 0.3) is 0 Å². The molecule has 1 heterocycles. The molecule has 1 aromatic rings. The number of nitro groups is 1. The molecule has 7 nitrogen and oxygen atoms in total. The third-order valence-corrected chi connectivity index (χ3v) is 1.64. The fourth-order valence-corrected chi connectivity index (χ4v) is 0.907. The lowest BCUT2D eigenvalue weighted by Gasteiger charge is -1.95. The van der Waals surface area contributed by atoms with Crippen molar-refractivity contribution in [1.82, 2.24) is 4.98 Å². The van der Waals surface area contributed by atoms with Gasteiger partial charge in [0.15, 0.2) is 0 Å². The molecule has 0 N–H and O–H groups in total. The number of amides is 1. The topological polar surface area (TPSA) is 103 Å². The van der Waals surface area contributed by atoms with E-state index in [0.29, 0.717) is 0 Å². The van der Waals surface area contributed by atoms with E-state index in [0.717, 1.165) is 12.3 Å². The molecule has 0 spiro atoms. The zero-order chi connectivity index (χ0) is 10.7. The maximum Gasteiger partial charge on any atom is 0.318 e. The summed E-state index contributed by atoms with van der Waals surface area (Å²) in [5, 5.41) is 12.1. The van der Waals surface area contributed by atoms with Crippen molar-refractivity contribution < 1.29 is 9.72 Å². The Morgan fingerprint density at radius 3 is 2.79 bits per heavy atom. The molecule has 0 aliphatic heterocycles. The van der Waals surface area contributed by atoms with Crippen LogP contribution in [0, 0.1) is 15.0 Å². The smallest absolute Gasteiger partial charge is 0.263 e. The summed E-state index contributed by atoms with van der Waals surface area (Å²) >= 11 is 5.37. The van der Waals surface area contributed by atoms with E-state index in [1.54, 1.807) is 0 Å². The first-order valence-corrected chi connectivity index (χ1v) is 3.61. The lowest BCUT2D eigenvalue weighted by Crippen LogP contribution is -1.98. The van der Waals surface area contributed by atoms with E-state index >= 15 is 0 Å². The summed E-state index contributed by atoms with van der Waals surface area (Å²) in [5.41, 5.74) is -0.808. The van der Waals surface area contributed by atoms with Gasteiger partial charge >= 0.3 is 11.6 Å². The van der Waals surface area contributed by atoms with E-state index < -0.39 is 16.5 Å². The normalized spacial score (nSPS) is 9.50. The van der Waals surface area contributed by atoms with E-state index in [1.165, 1.54) is 0 Å². The summed E-state index contributed by atoms with van der Waals surface area (Å²) in [7, 11) is 0. The molecule has 0 saturated carbocycles. The van der Waals surface area contributed by atoms with Crippen LogP contribution >= 0.6 is 11.6 Å². The quantitative estimate of drug-likeness (QED) is 0.322. The monoisotopic (exact) mass is 215 g/mol. The van der Waals surface area contributed by atoms with Gasteiger partial charge in [0.1, 0.15) is 0 Å². The van der Waals surface area contributed by atoms with Gasteiger partial charge in [0.05, 0.1) is 10.5 Å². The molecule has 0 bridgehead atoms. The van der Waals surface area contributed by atoms with Crippen molar-refractivity contribution in [3.05, 3.63) is 38.0 Å². The maximum atomic E-state index is 10.7. The molecule has 8 heteroatoms. The van der Waals surface area contributed by atoms with Crippen molar-refractivity contribution in [2.24, 2.45) is 5.18 Å². The molecule has 0 radical (unpaired) electrons. The van der Waals surface area contributed by atoms with Gasteiger partial charge in [-0.3, -0.25) is 14.9 Å². The molecular weight excluding hydrogens is 214 g/mol. The number of carbonyl (C=O) groups excluding carboxylic acids is 1. The van der Waals surface area contributed by atoms with E-state index in [-0.39, 0.29) is 10.7 Å². The molecule has 0 saturated heterocycles. The Labute approximate surface area is 81.8 Å². The van der Waals surface area contributed by atoms with Gasteiger partial charge in [-0.25, -0.2) is 4.98 Å². The van der Waals surface area contributed by atoms with Crippen molar-refractivity contribution in [1.29, 1.82) is 0 Å². The lowest BCUT2D eigenvalue weighted by atomic mass is 10.2. The summed E-state index contributed by atoms with van der Waals surface area (Å²) in [6.45, 7) is 0. The van der Waals surface area contributed by atoms with Crippen LogP contribution in [0.1, 0.15) is 10.4 Å². The Balaban J connectivity index is 3.25. The number of hydrogen-bond acceptors (Lipinski definition) is 5. The van der Waals surface area contributed by atoms with Crippen LogP contribution < -0.4 is 0 Å². The molecule has 1 aromatic heterocycles. The van der Waals surface area contributed by atoms with Gasteiger partial charge in [-0.15, -0.1) is 4.91 Å². The molecule has 14 heavy (non-hydrogen) atoms. The Morgan fingerprint density at radius 2 is 2.29 bits per heavy atom. The highest BCUT2D eigenvalue weighted by atomic mass is 35.5. The number of carbonyl (C=O) groups is 1. The van der Waals surface area contributed by atoms with E-state index in [4.69, 9.17) is 11.6 Å². The molecule has 1 rings (SSSR count). The van der Waals surface area contributed by atoms with Crippen molar-refractivity contribution in [2.45, 2.75) is 0 Å². The fraction of sp³-hybridized carbons (Fsp3) is 0. The standard InChI is InChI=1S/C6H2ClN3O4/c7-5-4(10(13)14)1-3(2-8-5)6(11)9-12/h1-2H. The number of aromatic nitrogens is 1. The number of halogens is 1. The van der Waals surface area contributed by atoms with Crippen molar-refractivity contribution in [2.75, 3.05) is 0 Å². The Morgan fingerprint density at radius 1 is 1.64 bits per heavy atom. The van der Waals surface area contributed by atoms with Crippen LogP contribution in [0.2, 0.25) is 5.15 Å². The summed E-state index contributed by atoms with van der Waals surface area (Å²) in [5.74, 6) is -1.13. The van der Waals surface area contributed by atoms with Gasteiger partial charge in [-0.1, -0.05) is 11.6 Å². The summed E-state index contributed by atoms with van der Waals surface area (Å²) in [6.07, 6.45) is 0.944. The number of rotatable bonds is 2. The number of hydrogen-bond donors (Lipinski definition) is 0. The Hall–Kier alpha value is -1.89. The van der Waals surface area contributed by atoms with E-state index in [9.17, 15) is 19.8 Å². The second kappa shape index (κ2) is 3.88. The zero-order valence-electron chi connectivity index (χ0n) is 6.51. The highest BCUT2D eigenvalue weighted by Gasteiger charge is 2.17. The third kappa shape index (κ3) is 1.88. The van der Waals surface area contributed by atoms with Crippen LogP contribution in [0.5, 0.6) is 0 Å². The SMILES string of the molecule is O=NC(=O)c1cnc(Cl)c([N+](=O)[O-])c1. The zero-order valence-corrected chi connectivity index (χ0v) is 7.26. The maximum absolute atomic E-state index is 10.7. The minimum Gasteiger partial charge on any atom is -0.263 e. The highest BCUT2D eigenvalue weighted by molar-refractivity contribution is 6.31. The average molecular weight is 216 g/mol. The first-order valence-electron chi connectivity index (χ1n) is 3.24. The summed E-state index contributed by atoms with van der Waals surface area (Å²) in [6, 6.07) is 0.846. The predicted molar refractivity (Wildman–Crippen MR) is 46.0 cm³/mol. The molecule has 0 aliphatic carbocycles. The van der Waals surface area contributed by atoms with Gasteiger partial charge in [-0.2, -0.15) is 0 Å². The third-order valence-electron chi connectivity index (χ3n) is 1.35. The average Bonchev–Trinajstić information content (AvgIpc) is 2.17. The second-order valence-corrected chi connectivity index (χ2v) is 2.55. The van der Waals surface area contributed by atoms with Crippen LogP contribution in [0.15, 0.2) is 17.4 Å². The summed E-state index contributed by atoms with van der Waals surface area (Å²) < 4.78 is 0. The number of nitrogens with zero attached hydrogens (tertiary/aromatic N) is 3. The van der Waals surface area contributed by atoms with Gasteiger partial charge in [0.2, 0.25) is 5.15 Å². The second-order valence-electron chi connectivity index (χ2n) is 2.19.